The molecule has 7 heteroatoms. The van der Waals surface area contributed by atoms with E-state index in [1.54, 1.807) is 4.90 Å². The third kappa shape index (κ3) is 4.03. The monoisotopic (exact) mass is 242 g/mol. The average Bonchev–Trinajstić information content (AvgIpc) is 2.35. The lowest BCUT2D eigenvalue weighted by Gasteiger charge is -2.30. The number of likely N-dealkylation sites (tertiary alicyclic amines) is 1. The van der Waals surface area contributed by atoms with Gasteiger partial charge in [0.1, 0.15) is 0 Å². The van der Waals surface area contributed by atoms with Gasteiger partial charge in [-0.25, -0.2) is 0 Å². The summed E-state index contributed by atoms with van der Waals surface area (Å²) in [5.74, 6) is -0.966. The summed E-state index contributed by atoms with van der Waals surface area (Å²) < 4.78 is 0. The van der Waals surface area contributed by atoms with Gasteiger partial charge in [0.15, 0.2) is 0 Å². The van der Waals surface area contributed by atoms with Crippen molar-refractivity contribution in [1.29, 1.82) is 0 Å². The van der Waals surface area contributed by atoms with Crippen molar-refractivity contribution in [2.75, 3.05) is 26.2 Å². The minimum absolute atomic E-state index is 0.0444. The molecule has 5 N–H and O–H groups in total. The molecule has 0 spiro atoms. The molecule has 0 unspecified atom stereocenters. The van der Waals surface area contributed by atoms with Crippen molar-refractivity contribution >= 4 is 17.7 Å². The summed E-state index contributed by atoms with van der Waals surface area (Å²) in [6.07, 6.45) is 1.18. The van der Waals surface area contributed by atoms with Gasteiger partial charge in [0.25, 0.3) is 0 Å². The minimum Gasteiger partial charge on any atom is -0.369 e. The summed E-state index contributed by atoms with van der Waals surface area (Å²) in [7, 11) is 0. The quantitative estimate of drug-likeness (QED) is 0.517. The smallest absolute Gasteiger partial charge is 0.241 e. The molecule has 17 heavy (non-hydrogen) atoms. The van der Waals surface area contributed by atoms with Crippen molar-refractivity contribution in [3.8, 4) is 0 Å². The second-order valence-electron chi connectivity index (χ2n) is 4.04. The van der Waals surface area contributed by atoms with Crippen LogP contribution in [0.2, 0.25) is 0 Å². The molecule has 7 nitrogen and oxygen atoms in total. The molecule has 0 bridgehead atoms. The Labute approximate surface area is 99.5 Å². The zero-order chi connectivity index (χ0) is 12.8. The first-order valence-electron chi connectivity index (χ1n) is 5.58. The Morgan fingerprint density at radius 2 is 1.82 bits per heavy atom. The van der Waals surface area contributed by atoms with E-state index >= 15 is 0 Å². The minimum atomic E-state index is -0.356. The van der Waals surface area contributed by atoms with Crippen LogP contribution in [0.3, 0.4) is 0 Å². The van der Waals surface area contributed by atoms with Gasteiger partial charge in [-0.15, -0.1) is 0 Å². The van der Waals surface area contributed by atoms with Gasteiger partial charge in [0.05, 0.1) is 13.1 Å². The second-order valence-corrected chi connectivity index (χ2v) is 4.04. The fraction of sp³-hybridized carbons (Fsp3) is 0.700. The van der Waals surface area contributed by atoms with E-state index in [1.807, 2.05) is 0 Å². The largest absolute Gasteiger partial charge is 0.369 e. The van der Waals surface area contributed by atoms with Crippen molar-refractivity contribution in [2.24, 2.45) is 17.4 Å². The molecule has 0 aromatic carbocycles. The van der Waals surface area contributed by atoms with Crippen molar-refractivity contribution in [3.63, 3.8) is 0 Å². The molecule has 1 fully saturated rings. The number of nitrogens with one attached hydrogen (secondary N) is 1. The highest BCUT2D eigenvalue weighted by atomic mass is 16.2. The molecule has 0 saturated carbocycles. The number of rotatable bonds is 4. The summed E-state index contributed by atoms with van der Waals surface area (Å²) in [5, 5.41) is 2.42. The molecule has 0 aromatic rings. The maximum atomic E-state index is 11.6. The zero-order valence-electron chi connectivity index (χ0n) is 9.65. The number of nitrogens with zero attached hydrogens (tertiary/aromatic N) is 1. The van der Waals surface area contributed by atoms with Gasteiger partial charge in [-0.2, -0.15) is 0 Å². The average molecular weight is 242 g/mol. The Balaban J connectivity index is 2.31. The lowest BCUT2D eigenvalue weighted by molar-refractivity contribution is -0.135. The van der Waals surface area contributed by atoms with Crippen LogP contribution in [0, 0.1) is 5.92 Å². The molecule has 1 aliphatic heterocycles. The number of nitrogens with two attached hydrogens (primary N) is 2. The Hall–Kier alpha value is -1.63. The van der Waals surface area contributed by atoms with Crippen LogP contribution in [0.1, 0.15) is 12.8 Å². The third-order valence-electron chi connectivity index (χ3n) is 2.87. The van der Waals surface area contributed by atoms with Crippen LogP contribution in [-0.4, -0.2) is 48.8 Å². The van der Waals surface area contributed by atoms with Crippen LogP contribution >= 0.6 is 0 Å². The first-order chi connectivity index (χ1) is 8.04. The molecule has 1 heterocycles. The van der Waals surface area contributed by atoms with E-state index < -0.39 is 0 Å². The highest BCUT2D eigenvalue weighted by Crippen LogP contribution is 2.16. The Kier molecular flexibility index (Phi) is 4.89. The van der Waals surface area contributed by atoms with Gasteiger partial charge >= 0.3 is 0 Å². The van der Waals surface area contributed by atoms with Crippen LogP contribution in [-0.2, 0) is 14.4 Å². The summed E-state index contributed by atoms with van der Waals surface area (Å²) in [5.41, 5.74) is 10.3. The van der Waals surface area contributed by atoms with Gasteiger partial charge < -0.3 is 21.7 Å². The molecule has 0 atom stereocenters. The summed E-state index contributed by atoms with van der Waals surface area (Å²) in [6.45, 7) is 0.837. The van der Waals surface area contributed by atoms with Gasteiger partial charge in [-0.1, -0.05) is 0 Å². The van der Waals surface area contributed by atoms with Crippen molar-refractivity contribution in [3.05, 3.63) is 0 Å². The van der Waals surface area contributed by atoms with Crippen molar-refractivity contribution < 1.29 is 14.4 Å². The van der Waals surface area contributed by atoms with Crippen LogP contribution in [0.4, 0.5) is 0 Å². The fourth-order valence-corrected chi connectivity index (χ4v) is 1.77. The number of carbonyl (C=O) groups excluding carboxylic acids is 3. The molecule has 0 aliphatic carbocycles. The standard InChI is InChI=1S/C10H18N4O3/c11-5-8(15)13-6-9(16)14-3-1-7(2-4-14)10(12)17/h7H,1-6,11H2,(H2,12,17)(H,13,15). The van der Waals surface area contributed by atoms with Crippen LogP contribution in [0.25, 0.3) is 0 Å². The Bertz CT molecular complexity index is 311. The third-order valence-corrected chi connectivity index (χ3v) is 2.87. The fourth-order valence-electron chi connectivity index (χ4n) is 1.77. The molecule has 1 rings (SSSR count). The number of amides is 3. The van der Waals surface area contributed by atoms with Crippen molar-refractivity contribution in [2.45, 2.75) is 12.8 Å². The molecular weight excluding hydrogens is 224 g/mol. The maximum Gasteiger partial charge on any atom is 0.241 e. The number of primary amides is 1. The number of hydrogen-bond acceptors (Lipinski definition) is 4. The molecule has 1 saturated heterocycles. The summed E-state index contributed by atoms with van der Waals surface area (Å²) in [4.78, 5) is 35.1. The van der Waals surface area contributed by atoms with E-state index in [0.717, 1.165) is 0 Å². The molecule has 0 aromatic heterocycles. The van der Waals surface area contributed by atoms with Crippen LogP contribution in [0.15, 0.2) is 0 Å². The van der Waals surface area contributed by atoms with Gasteiger partial charge in [0, 0.05) is 19.0 Å². The van der Waals surface area contributed by atoms with E-state index in [4.69, 9.17) is 11.5 Å². The van der Waals surface area contributed by atoms with Gasteiger partial charge in [-0.3, -0.25) is 14.4 Å². The summed E-state index contributed by atoms with van der Waals surface area (Å²) in [6, 6.07) is 0. The van der Waals surface area contributed by atoms with E-state index in [0.29, 0.717) is 25.9 Å². The topological polar surface area (TPSA) is 119 Å². The van der Waals surface area contributed by atoms with E-state index in [2.05, 4.69) is 5.32 Å². The summed E-state index contributed by atoms with van der Waals surface area (Å²) >= 11 is 0. The predicted octanol–water partition coefficient (Wildman–Crippen LogP) is -2.21. The molecule has 96 valence electrons. The SMILES string of the molecule is NCC(=O)NCC(=O)N1CCC(C(N)=O)CC1. The normalized spacial score (nSPS) is 16.6. The molecule has 1 aliphatic rings. The van der Waals surface area contributed by atoms with Crippen molar-refractivity contribution in [1.82, 2.24) is 10.2 Å². The van der Waals surface area contributed by atoms with Gasteiger partial charge in [0.2, 0.25) is 17.7 Å². The Morgan fingerprint density at radius 3 is 2.29 bits per heavy atom. The van der Waals surface area contributed by atoms with Gasteiger partial charge in [-0.05, 0) is 12.8 Å². The van der Waals surface area contributed by atoms with Crippen LogP contribution in [0.5, 0.6) is 0 Å². The highest BCUT2D eigenvalue weighted by molar-refractivity contribution is 5.85. The lowest BCUT2D eigenvalue weighted by Crippen LogP contribution is -2.46. The lowest BCUT2D eigenvalue weighted by atomic mass is 9.96. The molecule has 3 amide bonds. The predicted molar refractivity (Wildman–Crippen MR) is 60.6 cm³/mol. The Morgan fingerprint density at radius 1 is 1.24 bits per heavy atom. The van der Waals surface area contributed by atoms with Crippen LogP contribution < -0.4 is 16.8 Å². The number of hydrogen-bond donors (Lipinski definition) is 3. The number of carbonyl (C=O) groups is 3. The zero-order valence-corrected chi connectivity index (χ0v) is 9.65. The first-order valence-corrected chi connectivity index (χ1v) is 5.58. The first kappa shape index (κ1) is 13.4. The molecule has 0 radical (unpaired) electrons. The maximum absolute atomic E-state index is 11.6. The van der Waals surface area contributed by atoms with E-state index in [-0.39, 0.29) is 36.7 Å². The number of piperidine rings is 1. The highest BCUT2D eigenvalue weighted by Gasteiger charge is 2.25. The molecular formula is C10H18N4O3. The van der Waals surface area contributed by atoms with E-state index in [9.17, 15) is 14.4 Å². The second kappa shape index (κ2) is 6.19. The van der Waals surface area contributed by atoms with E-state index in [1.165, 1.54) is 0 Å².